The lowest BCUT2D eigenvalue weighted by molar-refractivity contribution is -0.116. The highest BCUT2D eigenvalue weighted by Gasteiger charge is 2.17. The van der Waals surface area contributed by atoms with Crippen LogP contribution in [0.3, 0.4) is 0 Å². The predicted octanol–water partition coefficient (Wildman–Crippen LogP) is 1.52. The smallest absolute Gasteiger partial charge is 0.251 e. The molecule has 0 atom stereocenters. The van der Waals surface area contributed by atoms with E-state index >= 15 is 0 Å². The fourth-order valence-corrected chi connectivity index (χ4v) is 3.17. The Morgan fingerprint density at radius 2 is 1.83 bits per heavy atom. The fraction of sp³-hybridized carbons (Fsp3) is 0.318. The van der Waals surface area contributed by atoms with Gasteiger partial charge in [0.05, 0.1) is 0 Å². The van der Waals surface area contributed by atoms with E-state index in [4.69, 9.17) is 0 Å². The van der Waals surface area contributed by atoms with Gasteiger partial charge in [0.1, 0.15) is 5.82 Å². The molecular formula is C22H27N5O2. The number of piperazine rings is 1. The van der Waals surface area contributed by atoms with Crippen LogP contribution < -0.4 is 15.5 Å². The number of pyridine rings is 1. The minimum Gasteiger partial charge on any atom is -0.355 e. The normalized spacial score (nSPS) is 14.8. The molecule has 1 fully saturated rings. The van der Waals surface area contributed by atoms with Crippen molar-refractivity contribution in [1.82, 2.24) is 20.5 Å². The number of hydrogen-bond acceptors (Lipinski definition) is 5. The molecular weight excluding hydrogens is 366 g/mol. The Kier molecular flexibility index (Phi) is 6.97. The highest BCUT2D eigenvalue weighted by molar-refractivity contribution is 5.94. The Hall–Kier alpha value is -3.19. The molecule has 2 amide bonds. The number of amides is 2. The first kappa shape index (κ1) is 20.5. The van der Waals surface area contributed by atoms with Gasteiger partial charge in [-0.3, -0.25) is 9.59 Å². The van der Waals surface area contributed by atoms with Gasteiger partial charge in [0.25, 0.3) is 5.91 Å². The van der Waals surface area contributed by atoms with Crippen molar-refractivity contribution in [2.75, 3.05) is 45.2 Å². The highest BCUT2D eigenvalue weighted by atomic mass is 16.2. The number of nitrogens with one attached hydrogen (secondary N) is 2. The van der Waals surface area contributed by atoms with E-state index < -0.39 is 0 Å². The standard InChI is InChI=1S/C22H27N5O2/c1-23-22(29)18-8-5-17(6-9-18)7-10-20(28)25-16-19-4-3-11-24-21(19)27-14-12-26(2)13-15-27/h3-11H,12-16H2,1-2H3,(H,23,29)(H,25,28)/b10-7+. The zero-order valence-electron chi connectivity index (χ0n) is 16.9. The van der Waals surface area contributed by atoms with E-state index in [0.717, 1.165) is 43.1 Å². The van der Waals surface area contributed by atoms with Crippen molar-refractivity contribution in [1.29, 1.82) is 0 Å². The van der Waals surface area contributed by atoms with Gasteiger partial charge in [-0.2, -0.15) is 0 Å². The topological polar surface area (TPSA) is 77.6 Å². The molecule has 3 rings (SSSR count). The summed E-state index contributed by atoms with van der Waals surface area (Å²) < 4.78 is 0. The number of anilines is 1. The van der Waals surface area contributed by atoms with Crippen molar-refractivity contribution >= 4 is 23.7 Å². The van der Waals surface area contributed by atoms with Crippen LogP contribution in [-0.4, -0.2) is 62.0 Å². The SMILES string of the molecule is CNC(=O)c1ccc(/C=C/C(=O)NCc2cccnc2N2CCN(C)CC2)cc1. The molecule has 1 aromatic heterocycles. The third kappa shape index (κ3) is 5.65. The monoisotopic (exact) mass is 393 g/mol. The zero-order valence-corrected chi connectivity index (χ0v) is 16.9. The van der Waals surface area contributed by atoms with E-state index in [9.17, 15) is 9.59 Å². The number of likely N-dealkylation sites (N-methyl/N-ethyl adjacent to an activating group) is 1. The van der Waals surface area contributed by atoms with Gasteiger partial charge in [0, 0.05) is 63.2 Å². The number of carbonyl (C=O) groups excluding carboxylic acids is 2. The van der Waals surface area contributed by atoms with Crippen LogP contribution in [0, 0.1) is 0 Å². The average molecular weight is 393 g/mol. The maximum Gasteiger partial charge on any atom is 0.251 e. The van der Waals surface area contributed by atoms with Crippen molar-refractivity contribution in [3.05, 3.63) is 65.4 Å². The second-order valence-electron chi connectivity index (χ2n) is 7.03. The van der Waals surface area contributed by atoms with Gasteiger partial charge in [-0.1, -0.05) is 18.2 Å². The first-order chi connectivity index (χ1) is 14.1. The third-order valence-electron chi connectivity index (χ3n) is 4.95. The van der Waals surface area contributed by atoms with Crippen LogP contribution in [0.1, 0.15) is 21.5 Å². The number of hydrogen-bond donors (Lipinski definition) is 2. The molecule has 0 bridgehead atoms. The predicted molar refractivity (Wildman–Crippen MR) is 115 cm³/mol. The summed E-state index contributed by atoms with van der Waals surface area (Å²) >= 11 is 0. The molecule has 0 radical (unpaired) electrons. The zero-order chi connectivity index (χ0) is 20.6. The second-order valence-corrected chi connectivity index (χ2v) is 7.03. The first-order valence-electron chi connectivity index (χ1n) is 9.72. The number of rotatable bonds is 6. The van der Waals surface area contributed by atoms with Crippen LogP contribution in [0.2, 0.25) is 0 Å². The molecule has 0 saturated carbocycles. The van der Waals surface area contributed by atoms with Gasteiger partial charge in [0.15, 0.2) is 0 Å². The van der Waals surface area contributed by atoms with Crippen molar-refractivity contribution in [2.45, 2.75) is 6.54 Å². The molecule has 152 valence electrons. The summed E-state index contributed by atoms with van der Waals surface area (Å²) in [5.41, 5.74) is 2.45. The molecule has 1 saturated heterocycles. The van der Waals surface area contributed by atoms with E-state index in [-0.39, 0.29) is 11.8 Å². The second kappa shape index (κ2) is 9.84. The number of carbonyl (C=O) groups is 2. The Morgan fingerprint density at radius 3 is 2.52 bits per heavy atom. The summed E-state index contributed by atoms with van der Waals surface area (Å²) in [6.45, 7) is 4.29. The minimum atomic E-state index is -0.173. The van der Waals surface area contributed by atoms with Gasteiger partial charge in [-0.25, -0.2) is 4.98 Å². The van der Waals surface area contributed by atoms with Crippen LogP contribution in [-0.2, 0) is 11.3 Å². The summed E-state index contributed by atoms with van der Waals surface area (Å²) in [7, 11) is 3.72. The number of benzene rings is 1. The lowest BCUT2D eigenvalue weighted by Gasteiger charge is -2.34. The van der Waals surface area contributed by atoms with Gasteiger partial charge >= 0.3 is 0 Å². The molecule has 7 nitrogen and oxygen atoms in total. The first-order valence-corrected chi connectivity index (χ1v) is 9.72. The van der Waals surface area contributed by atoms with Crippen molar-refractivity contribution in [2.24, 2.45) is 0 Å². The number of nitrogens with zero attached hydrogens (tertiary/aromatic N) is 3. The van der Waals surface area contributed by atoms with Crippen molar-refractivity contribution < 1.29 is 9.59 Å². The third-order valence-corrected chi connectivity index (χ3v) is 4.95. The summed E-state index contributed by atoms with van der Waals surface area (Å²) in [5, 5.41) is 5.51. The Bertz CT molecular complexity index is 871. The molecule has 29 heavy (non-hydrogen) atoms. The molecule has 7 heteroatoms. The van der Waals surface area contributed by atoms with Crippen LogP contribution in [0.5, 0.6) is 0 Å². The molecule has 2 aromatic rings. The molecule has 0 aliphatic carbocycles. The summed E-state index contributed by atoms with van der Waals surface area (Å²) in [6.07, 6.45) is 5.02. The Morgan fingerprint density at radius 1 is 1.10 bits per heavy atom. The van der Waals surface area contributed by atoms with Crippen LogP contribution >= 0.6 is 0 Å². The van der Waals surface area contributed by atoms with E-state index in [1.165, 1.54) is 6.08 Å². The molecule has 2 heterocycles. The van der Waals surface area contributed by atoms with E-state index in [1.807, 2.05) is 12.1 Å². The van der Waals surface area contributed by atoms with Crippen LogP contribution in [0.25, 0.3) is 6.08 Å². The lowest BCUT2D eigenvalue weighted by Crippen LogP contribution is -2.45. The fourth-order valence-electron chi connectivity index (χ4n) is 3.17. The van der Waals surface area contributed by atoms with Gasteiger partial charge in [-0.05, 0) is 36.9 Å². The summed E-state index contributed by atoms with van der Waals surface area (Å²) in [5.74, 6) is 0.633. The Balaban J connectivity index is 1.57. The largest absolute Gasteiger partial charge is 0.355 e. The minimum absolute atomic E-state index is 0.133. The van der Waals surface area contributed by atoms with Crippen LogP contribution in [0.15, 0.2) is 48.7 Å². The van der Waals surface area contributed by atoms with E-state index in [2.05, 4.69) is 32.5 Å². The molecule has 0 unspecified atom stereocenters. The average Bonchev–Trinajstić information content (AvgIpc) is 2.77. The molecule has 1 aromatic carbocycles. The maximum atomic E-state index is 12.2. The maximum absolute atomic E-state index is 12.2. The summed E-state index contributed by atoms with van der Waals surface area (Å²) in [4.78, 5) is 32.9. The molecule has 0 spiro atoms. The van der Waals surface area contributed by atoms with Crippen LogP contribution in [0.4, 0.5) is 5.82 Å². The highest BCUT2D eigenvalue weighted by Crippen LogP contribution is 2.18. The van der Waals surface area contributed by atoms with Crippen molar-refractivity contribution in [3.63, 3.8) is 0 Å². The quantitative estimate of drug-likeness (QED) is 0.728. The molecule has 2 N–H and O–H groups in total. The summed E-state index contributed by atoms with van der Waals surface area (Å²) in [6, 6.07) is 11.0. The molecule has 1 aliphatic rings. The van der Waals surface area contributed by atoms with Gasteiger partial charge in [0.2, 0.25) is 5.91 Å². The molecule has 1 aliphatic heterocycles. The van der Waals surface area contributed by atoms with Gasteiger partial charge < -0.3 is 20.4 Å². The lowest BCUT2D eigenvalue weighted by atomic mass is 10.1. The van der Waals surface area contributed by atoms with Gasteiger partial charge in [-0.15, -0.1) is 0 Å². The number of aromatic nitrogens is 1. The Labute approximate surface area is 171 Å². The van der Waals surface area contributed by atoms with E-state index in [0.29, 0.717) is 12.1 Å². The van der Waals surface area contributed by atoms with Crippen molar-refractivity contribution in [3.8, 4) is 0 Å². The van der Waals surface area contributed by atoms with E-state index in [1.54, 1.807) is 43.6 Å².